The summed E-state index contributed by atoms with van der Waals surface area (Å²) in [5.74, 6) is 1.01. The molecule has 1 aliphatic carbocycles. The maximum absolute atomic E-state index is 6.10. The number of alkyl halides is 1. The quantitative estimate of drug-likeness (QED) is 0.628. The van der Waals surface area contributed by atoms with Gasteiger partial charge in [-0.3, -0.25) is 0 Å². The first-order valence-electron chi connectivity index (χ1n) is 4.60. The highest BCUT2D eigenvalue weighted by molar-refractivity contribution is 6.20. The molecule has 0 unspecified atom stereocenters. The van der Waals surface area contributed by atoms with Gasteiger partial charge in [-0.05, 0) is 36.5 Å². The third kappa shape index (κ3) is 1.66. The van der Waals surface area contributed by atoms with E-state index in [1.165, 1.54) is 11.1 Å². The molecule has 0 bridgehead atoms. The van der Waals surface area contributed by atoms with Crippen LogP contribution in [0.15, 0.2) is 18.2 Å². The first kappa shape index (κ1) is 8.89. The molecule has 1 aromatic carbocycles. The fourth-order valence-electron chi connectivity index (χ4n) is 1.92. The van der Waals surface area contributed by atoms with Crippen molar-refractivity contribution in [3.05, 3.63) is 29.3 Å². The van der Waals surface area contributed by atoms with Gasteiger partial charge < -0.3 is 4.74 Å². The van der Waals surface area contributed by atoms with Crippen molar-refractivity contribution in [2.24, 2.45) is 0 Å². The fraction of sp³-hybridized carbons (Fsp3) is 0.455. The maximum atomic E-state index is 6.10. The molecule has 0 spiro atoms. The summed E-state index contributed by atoms with van der Waals surface area (Å²) in [6.45, 7) is 0. The molecule has 2 heteroatoms. The van der Waals surface area contributed by atoms with E-state index in [-0.39, 0.29) is 0 Å². The van der Waals surface area contributed by atoms with E-state index in [1.54, 1.807) is 7.11 Å². The van der Waals surface area contributed by atoms with E-state index >= 15 is 0 Å². The van der Waals surface area contributed by atoms with Crippen LogP contribution >= 0.6 is 11.6 Å². The highest BCUT2D eigenvalue weighted by Crippen LogP contribution is 2.31. The molecule has 70 valence electrons. The predicted molar refractivity (Wildman–Crippen MR) is 54.7 cm³/mol. The Hall–Kier alpha value is -0.690. The van der Waals surface area contributed by atoms with Gasteiger partial charge in [0.15, 0.2) is 0 Å². The number of hydrogen-bond donors (Lipinski definition) is 0. The van der Waals surface area contributed by atoms with E-state index in [0.717, 1.165) is 25.0 Å². The van der Waals surface area contributed by atoms with E-state index in [2.05, 4.69) is 6.07 Å². The third-order valence-corrected chi connectivity index (χ3v) is 2.97. The van der Waals surface area contributed by atoms with Crippen LogP contribution in [0, 0.1) is 0 Å². The molecule has 13 heavy (non-hydrogen) atoms. The van der Waals surface area contributed by atoms with Crippen LogP contribution < -0.4 is 4.74 Å². The lowest BCUT2D eigenvalue weighted by Gasteiger charge is -2.21. The van der Waals surface area contributed by atoms with Gasteiger partial charge in [0.2, 0.25) is 0 Å². The zero-order chi connectivity index (χ0) is 9.26. The van der Waals surface area contributed by atoms with Gasteiger partial charge in [0, 0.05) is 5.38 Å². The number of halogens is 1. The van der Waals surface area contributed by atoms with Crippen molar-refractivity contribution in [1.29, 1.82) is 0 Å². The zero-order valence-corrected chi connectivity index (χ0v) is 8.47. The topological polar surface area (TPSA) is 9.23 Å². The average Bonchev–Trinajstić information content (AvgIpc) is 2.16. The number of fused-ring (bicyclic) bond motifs is 1. The van der Waals surface area contributed by atoms with Crippen LogP contribution in [-0.4, -0.2) is 12.5 Å². The van der Waals surface area contributed by atoms with Crippen molar-refractivity contribution in [2.45, 2.75) is 24.6 Å². The monoisotopic (exact) mass is 196 g/mol. The summed E-state index contributed by atoms with van der Waals surface area (Å²) in [4.78, 5) is 0. The molecular weight excluding hydrogens is 184 g/mol. The van der Waals surface area contributed by atoms with Crippen LogP contribution in [0.25, 0.3) is 0 Å². The van der Waals surface area contributed by atoms with Gasteiger partial charge in [-0.1, -0.05) is 12.1 Å². The lowest BCUT2D eigenvalue weighted by Crippen LogP contribution is -2.14. The Bertz CT molecular complexity index is 309. The Morgan fingerprint density at radius 3 is 3.08 bits per heavy atom. The second-order valence-electron chi connectivity index (χ2n) is 3.44. The summed E-state index contributed by atoms with van der Waals surface area (Å²) < 4.78 is 5.30. The summed E-state index contributed by atoms with van der Waals surface area (Å²) in [7, 11) is 1.72. The fourth-order valence-corrected chi connectivity index (χ4v) is 2.19. The van der Waals surface area contributed by atoms with Crippen LogP contribution in [0.3, 0.4) is 0 Å². The van der Waals surface area contributed by atoms with E-state index < -0.39 is 0 Å². The van der Waals surface area contributed by atoms with Crippen LogP contribution in [-0.2, 0) is 12.8 Å². The standard InChI is InChI=1S/C11H13ClO/c1-13-11-4-2-3-8-7-9(12)5-6-10(8)11/h2-4,9H,5-7H2,1H3/t9-/m0/s1. The van der Waals surface area contributed by atoms with Gasteiger partial charge in [-0.25, -0.2) is 0 Å². The highest BCUT2D eigenvalue weighted by atomic mass is 35.5. The van der Waals surface area contributed by atoms with Gasteiger partial charge in [-0.15, -0.1) is 11.6 Å². The Morgan fingerprint density at radius 2 is 2.31 bits per heavy atom. The summed E-state index contributed by atoms with van der Waals surface area (Å²) >= 11 is 6.10. The van der Waals surface area contributed by atoms with E-state index in [0.29, 0.717) is 5.38 Å². The summed E-state index contributed by atoms with van der Waals surface area (Å²) in [5.41, 5.74) is 2.70. The summed E-state index contributed by atoms with van der Waals surface area (Å²) in [5, 5.41) is 0.305. The van der Waals surface area contributed by atoms with Crippen LogP contribution in [0.1, 0.15) is 17.5 Å². The molecule has 1 aliphatic rings. The van der Waals surface area contributed by atoms with E-state index in [4.69, 9.17) is 16.3 Å². The molecule has 1 nitrogen and oxygen atoms in total. The maximum Gasteiger partial charge on any atom is 0.122 e. The zero-order valence-electron chi connectivity index (χ0n) is 7.72. The van der Waals surface area contributed by atoms with Crippen LogP contribution in [0.2, 0.25) is 0 Å². The average molecular weight is 197 g/mol. The van der Waals surface area contributed by atoms with Crippen molar-refractivity contribution in [1.82, 2.24) is 0 Å². The number of hydrogen-bond acceptors (Lipinski definition) is 1. The third-order valence-electron chi connectivity index (χ3n) is 2.60. The lowest BCUT2D eigenvalue weighted by molar-refractivity contribution is 0.406. The van der Waals surface area contributed by atoms with Crippen molar-refractivity contribution in [2.75, 3.05) is 7.11 Å². The number of rotatable bonds is 1. The predicted octanol–water partition coefficient (Wildman–Crippen LogP) is 2.79. The minimum atomic E-state index is 0.305. The van der Waals surface area contributed by atoms with Gasteiger partial charge in [-0.2, -0.15) is 0 Å². The molecule has 2 rings (SSSR count). The molecule has 0 saturated heterocycles. The second-order valence-corrected chi connectivity index (χ2v) is 4.06. The molecule has 0 radical (unpaired) electrons. The largest absolute Gasteiger partial charge is 0.496 e. The normalized spacial score (nSPS) is 20.9. The molecular formula is C11H13ClO. The van der Waals surface area contributed by atoms with Gasteiger partial charge in [0.05, 0.1) is 7.11 Å². The Kier molecular flexibility index (Phi) is 2.45. The van der Waals surface area contributed by atoms with Crippen molar-refractivity contribution in [3.8, 4) is 5.75 Å². The van der Waals surface area contributed by atoms with Gasteiger partial charge in [0.1, 0.15) is 5.75 Å². The Labute approximate surface area is 83.7 Å². The van der Waals surface area contributed by atoms with Crippen LogP contribution in [0.4, 0.5) is 0 Å². The number of methoxy groups -OCH3 is 1. The molecule has 0 amide bonds. The SMILES string of the molecule is COc1cccc2c1CC[C@H](Cl)C2. The minimum Gasteiger partial charge on any atom is -0.496 e. The minimum absolute atomic E-state index is 0.305. The number of benzene rings is 1. The highest BCUT2D eigenvalue weighted by Gasteiger charge is 2.18. The Balaban J connectivity index is 2.39. The summed E-state index contributed by atoms with van der Waals surface area (Å²) in [6, 6.07) is 6.20. The first-order chi connectivity index (χ1) is 6.31. The van der Waals surface area contributed by atoms with Gasteiger partial charge >= 0.3 is 0 Å². The Morgan fingerprint density at radius 1 is 1.46 bits per heavy atom. The molecule has 1 aromatic rings. The van der Waals surface area contributed by atoms with Gasteiger partial charge in [0.25, 0.3) is 0 Å². The van der Waals surface area contributed by atoms with E-state index in [9.17, 15) is 0 Å². The summed E-state index contributed by atoms with van der Waals surface area (Å²) in [6.07, 6.45) is 3.09. The lowest BCUT2D eigenvalue weighted by atomic mass is 9.91. The molecule has 0 aliphatic heterocycles. The molecule has 1 atom stereocenters. The van der Waals surface area contributed by atoms with E-state index in [1.807, 2.05) is 12.1 Å². The first-order valence-corrected chi connectivity index (χ1v) is 5.03. The molecule has 0 fully saturated rings. The van der Waals surface area contributed by atoms with Crippen molar-refractivity contribution >= 4 is 11.6 Å². The number of ether oxygens (including phenoxy) is 1. The van der Waals surface area contributed by atoms with Crippen molar-refractivity contribution in [3.63, 3.8) is 0 Å². The van der Waals surface area contributed by atoms with Crippen LogP contribution in [0.5, 0.6) is 5.75 Å². The smallest absolute Gasteiger partial charge is 0.122 e. The second kappa shape index (κ2) is 3.59. The molecule has 0 aromatic heterocycles. The molecule has 0 N–H and O–H groups in total. The molecule has 0 heterocycles. The molecule has 0 saturated carbocycles. The van der Waals surface area contributed by atoms with Crippen molar-refractivity contribution < 1.29 is 4.74 Å².